The molecule has 0 radical (unpaired) electrons. The average molecular weight is 622 g/mol. The molecule has 0 saturated carbocycles. The van der Waals surface area contributed by atoms with Gasteiger partial charge < -0.3 is 19.7 Å². The number of rotatable bonds is 7. The number of aliphatic hydroxyl groups is 1. The highest BCUT2D eigenvalue weighted by Crippen LogP contribution is 2.46. The molecule has 0 bridgehead atoms. The first-order chi connectivity index (χ1) is 20.2. The van der Waals surface area contributed by atoms with Crippen LogP contribution in [0.1, 0.15) is 35.2 Å². The van der Waals surface area contributed by atoms with Crippen LogP contribution in [0.4, 0.5) is 5.13 Å². The van der Waals surface area contributed by atoms with E-state index in [0.717, 1.165) is 28.2 Å². The van der Waals surface area contributed by atoms with Crippen LogP contribution in [-0.4, -0.2) is 45.3 Å². The number of ketones is 1. The van der Waals surface area contributed by atoms with Crippen molar-refractivity contribution in [1.82, 2.24) is 10.2 Å². The molecule has 2 aliphatic heterocycles. The van der Waals surface area contributed by atoms with Crippen molar-refractivity contribution in [2.45, 2.75) is 35.6 Å². The Balaban J connectivity index is 1.41. The number of benzene rings is 3. The molecule has 9 nitrogen and oxygen atoms in total. The Hall–Kier alpha value is -4.06. The third-order valence-electron chi connectivity index (χ3n) is 7.01. The molecule has 2 atom stereocenters. The summed E-state index contributed by atoms with van der Waals surface area (Å²) in [5.41, 5.74) is 2.65. The van der Waals surface area contributed by atoms with Crippen LogP contribution in [0, 0.1) is 0 Å². The van der Waals surface area contributed by atoms with E-state index in [1.165, 1.54) is 35.9 Å². The zero-order valence-electron chi connectivity index (χ0n) is 22.4. The number of hydrogen-bond donors (Lipinski definition) is 2. The summed E-state index contributed by atoms with van der Waals surface area (Å²) < 4.78 is 11.7. The van der Waals surface area contributed by atoms with E-state index >= 15 is 0 Å². The van der Waals surface area contributed by atoms with Crippen LogP contribution in [0.5, 0.6) is 17.2 Å². The third kappa shape index (κ3) is 5.19. The Kier molecular flexibility index (Phi) is 7.56. The Morgan fingerprint density at radius 3 is 2.69 bits per heavy atom. The van der Waals surface area contributed by atoms with Gasteiger partial charge in [-0.15, -0.1) is 10.2 Å². The van der Waals surface area contributed by atoms with Gasteiger partial charge in [-0.25, -0.2) is 0 Å². The van der Waals surface area contributed by atoms with Crippen LogP contribution in [0.25, 0.3) is 5.76 Å². The largest absolute Gasteiger partial charge is 0.507 e. The van der Waals surface area contributed by atoms with Crippen LogP contribution < -0.4 is 14.4 Å². The van der Waals surface area contributed by atoms with Gasteiger partial charge in [-0.3, -0.25) is 14.5 Å². The molecule has 1 fully saturated rings. The maximum Gasteiger partial charge on any atom is 0.301 e. The van der Waals surface area contributed by atoms with Crippen LogP contribution in [0.2, 0.25) is 5.02 Å². The minimum absolute atomic E-state index is 0.00315. The van der Waals surface area contributed by atoms with Crippen LogP contribution in [0.15, 0.2) is 70.6 Å². The minimum Gasteiger partial charge on any atom is -0.507 e. The van der Waals surface area contributed by atoms with Crippen molar-refractivity contribution < 1.29 is 29.3 Å². The molecular weight excluding hydrogens is 598 g/mol. The first-order valence-electron chi connectivity index (χ1n) is 12.9. The van der Waals surface area contributed by atoms with Gasteiger partial charge in [-0.1, -0.05) is 52.9 Å². The van der Waals surface area contributed by atoms with Crippen molar-refractivity contribution in [3.63, 3.8) is 0 Å². The lowest BCUT2D eigenvalue weighted by atomic mass is 9.94. The highest BCUT2D eigenvalue weighted by Gasteiger charge is 2.48. The SMILES string of the molecule is COc1cc(C2/C(=C(\O)c3ccc4c(c3)CC(C)O4)C(=O)C(=O)N2c2nnc(SCc3ccc(Cl)cc3)s2)ccc1O. The van der Waals surface area contributed by atoms with Gasteiger partial charge in [0.05, 0.1) is 18.7 Å². The summed E-state index contributed by atoms with van der Waals surface area (Å²) in [6, 6.07) is 16.1. The number of phenols is 1. The number of amides is 1. The maximum absolute atomic E-state index is 13.6. The number of nitrogens with zero attached hydrogens (tertiary/aromatic N) is 3. The predicted molar refractivity (Wildman–Crippen MR) is 161 cm³/mol. The van der Waals surface area contributed by atoms with E-state index in [0.29, 0.717) is 32.7 Å². The zero-order valence-corrected chi connectivity index (χ0v) is 24.8. The molecule has 1 amide bonds. The number of carbonyl (C=O) groups excluding carboxylic acids is 2. The van der Waals surface area contributed by atoms with E-state index in [9.17, 15) is 19.8 Å². The lowest BCUT2D eigenvalue weighted by Crippen LogP contribution is -2.29. The molecule has 0 aliphatic carbocycles. The van der Waals surface area contributed by atoms with Crippen molar-refractivity contribution in [3.8, 4) is 17.2 Å². The van der Waals surface area contributed by atoms with E-state index in [-0.39, 0.29) is 34.1 Å². The molecule has 2 unspecified atom stereocenters. The number of anilines is 1. The van der Waals surface area contributed by atoms with Crippen molar-refractivity contribution >= 4 is 57.3 Å². The number of aromatic hydroxyl groups is 1. The van der Waals surface area contributed by atoms with Gasteiger partial charge in [-0.2, -0.15) is 0 Å². The first-order valence-corrected chi connectivity index (χ1v) is 15.1. The van der Waals surface area contributed by atoms with Crippen LogP contribution in [0.3, 0.4) is 0 Å². The van der Waals surface area contributed by atoms with E-state index in [1.807, 2.05) is 31.2 Å². The molecule has 12 heteroatoms. The van der Waals surface area contributed by atoms with Gasteiger partial charge in [0, 0.05) is 22.8 Å². The van der Waals surface area contributed by atoms with Crippen molar-refractivity contribution in [2.75, 3.05) is 12.0 Å². The predicted octanol–water partition coefficient (Wildman–Crippen LogP) is 6.15. The molecule has 4 aromatic rings. The summed E-state index contributed by atoms with van der Waals surface area (Å²) in [7, 11) is 1.40. The summed E-state index contributed by atoms with van der Waals surface area (Å²) in [5, 5.41) is 31.1. The van der Waals surface area contributed by atoms with Crippen LogP contribution in [-0.2, 0) is 21.8 Å². The van der Waals surface area contributed by atoms with Gasteiger partial charge in [0.25, 0.3) is 5.78 Å². The molecule has 1 aromatic heterocycles. The van der Waals surface area contributed by atoms with Crippen molar-refractivity contribution in [2.24, 2.45) is 0 Å². The third-order valence-corrected chi connectivity index (χ3v) is 9.39. The van der Waals surface area contributed by atoms with Gasteiger partial charge in [0.15, 0.2) is 15.8 Å². The highest BCUT2D eigenvalue weighted by molar-refractivity contribution is 8.00. The highest BCUT2D eigenvalue weighted by atomic mass is 35.5. The van der Waals surface area contributed by atoms with Gasteiger partial charge in [0.2, 0.25) is 5.13 Å². The first kappa shape index (κ1) is 28.1. The van der Waals surface area contributed by atoms with Crippen LogP contribution >= 0.6 is 34.7 Å². The lowest BCUT2D eigenvalue weighted by Gasteiger charge is -2.23. The fraction of sp³-hybridized carbons (Fsp3) is 0.200. The van der Waals surface area contributed by atoms with E-state index in [4.69, 9.17) is 21.1 Å². The quantitative estimate of drug-likeness (QED) is 0.0823. The molecule has 6 rings (SSSR count). The monoisotopic (exact) mass is 621 g/mol. The summed E-state index contributed by atoms with van der Waals surface area (Å²) in [4.78, 5) is 28.4. The summed E-state index contributed by atoms with van der Waals surface area (Å²) in [6.07, 6.45) is 0.654. The summed E-state index contributed by atoms with van der Waals surface area (Å²) >= 11 is 8.58. The molecule has 214 valence electrons. The van der Waals surface area contributed by atoms with Crippen molar-refractivity contribution in [3.05, 3.63) is 93.5 Å². The number of halogens is 1. The van der Waals surface area contributed by atoms with Crippen molar-refractivity contribution in [1.29, 1.82) is 0 Å². The number of aliphatic hydroxyl groups excluding tert-OH is 1. The van der Waals surface area contributed by atoms with E-state index < -0.39 is 17.7 Å². The Morgan fingerprint density at radius 1 is 1.14 bits per heavy atom. The standard InChI is InChI=1S/C30H24ClN3O6S2/c1-15-11-19-12-18(6-10-22(19)40-15)26(36)24-25(17-5-9-21(35)23(13-17)39-2)34(28(38)27(24)37)29-32-33-30(42-29)41-14-16-3-7-20(31)8-4-16/h3-10,12-13,15,25,35-36H,11,14H2,1-2H3/b26-24+. The molecule has 3 aromatic carbocycles. The number of methoxy groups -OCH3 is 1. The molecule has 2 aliphatic rings. The second-order valence-electron chi connectivity index (χ2n) is 9.82. The molecule has 1 saturated heterocycles. The van der Waals surface area contributed by atoms with E-state index in [1.54, 1.807) is 24.3 Å². The average Bonchev–Trinajstić information content (AvgIpc) is 3.67. The zero-order chi connectivity index (χ0) is 29.5. The van der Waals surface area contributed by atoms with Gasteiger partial charge in [-0.05, 0) is 66.1 Å². The number of Topliss-reactive ketones (excluding diaryl/α,β-unsaturated/α-hetero) is 1. The van der Waals surface area contributed by atoms with Gasteiger partial charge in [0.1, 0.15) is 17.6 Å². The Bertz CT molecular complexity index is 1740. The fourth-order valence-corrected chi connectivity index (χ4v) is 6.97. The normalized spacial score (nSPS) is 19.2. The smallest absolute Gasteiger partial charge is 0.301 e. The molecule has 2 N–H and O–H groups in total. The topological polar surface area (TPSA) is 122 Å². The molecule has 42 heavy (non-hydrogen) atoms. The number of fused-ring (bicyclic) bond motifs is 1. The number of aromatic nitrogens is 2. The van der Waals surface area contributed by atoms with Gasteiger partial charge >= 0.3 is 5.91 Å². The molecular formula is C30H24ClN3O6S2. The Morgan fingerprint density at radius 2 is 1.93 bits per heavy atom. The van der Waals surface area contributed by atoms with E-state index in [2.05, 4.69) is 10.2 Å². The maximum atomic E-state index is 13.6. The lowest BCUT2D eigenvalue weighted by molar-refractivity contribution is -0.132. The number of carbonyl (C=O) groups is 2. The number of hydrogen-bond acceptors (Lipinski definition) is 10. The Labute approximate surface area is 254 Å². The number of phenolic OH excluding ortho intramolecular Hbond substituents is 1. The molecule has 3 heterocycles. The fourth-order valence-electron chi connectivity index (χ4n) is 5.02. The minimum atomic E-state index is -1.05. The second kappa shape index (κ2) is 11.3. The summed E-state index contributed by atoms with van der Waals surface area (Å²) in [6.45, 7) is 1.95. The summed E-state index contributed by atoms with van der Waals surface area (Å²) in [5.74, 6) is -0.670. The second-order valence-corrected chi connectivity index (χ2v) is 12.4. The molecule has 0 spiro atoms. The number of ether oxygens (including phenoxy) is 2. The number of thioether (sulfide) groups is 1.